The molecular formula is C14H19NO4. The van der Waals surface area contributed by atoms with E-state index >= 15 is 0 Å². The number of ether oxygens (including phenoxy) is 2. The SMILES string of the molecule is CO[C@@H]1CCN(Cc2ccccc2OCC(=O)O)C1. The van der Waals surface area contributed by atoms with Gasteiger partial charge in [-0.2, -0.15) is 0 Å². The smallest absolute Gasteiger partial charge is 0.341 e. The number of aliphatic carboxylic acids is 1. The predicted molar refractivity (Wildman–Crippen MR) is 70.3 cm³/mol. The van der Waals surface area contributed by atoms with E-state index in [4.69, 9.17) is 14.6 Å². The lowest BCUT2D eigenvalue weighted by Crippen LogP contribution is -2.23. The molecule has 0 spiro atoms. The highest BCUT2D eigenvalue weighted by molar-refractivity contribution is 5.68. The standard InChI is InChI=1S/C14H19NO4/c1-18-12-6-7-15(9-12)8-11-4-2-3-5-13(11)19-10-14(16)17/h2-5,12H,6-10H2,1H3,(H,16,17)/t12-/m1/s1. The monoisotopic (exact) mass is 265 g/mol. The number of hydrogen-bond donors (Lipinski definition) is 1. The third-order valence-corrected chi connectivity index (χ3v) is 3.28. The van der Waals surface area contributed by atoms with Gasteiger partial charge < -0.3 is 14.6 Å². The van der Waals surface area contributed by atoms with E-state index in [1.807, 2.05) is 24.3 Å². The molecule has 2 rings (SSSR count). The van der Waals surface area contributed by atoms with Crippen LogP contribution in [0.25, 0.3) is 0 Å². The van der Waals surface area contributed by atoms with Gasteiger partial charge in [0, 0.05) is 32.3 Å². The van der Waals surface area contributed by atoms with Crippen LogP contribution in [0.15, 0.2) is 24.3 Å². The lowest BCUT2D eigenvalue weighted by atomic mass is 10.2. The summed E-state index contributed by atoms with van der Waals surface area (Å²) in [6, 6.07) is 7.56. The van der Waals surface area contributed by atoms with Crippen LogP contribution in [0.4, 0.5) is 0 Å². The topological polar surface area (TPSA) is 59.0 Å². The molecule has 1 heterocycles. The molecule has 1 N–H and O–H groups in total. The molecule has 1 fully saturated rings. The zero-order chi connectivity index (χ0) is 13.7. The van der Waals surface area contributed by atoms with Crippen molar-refractivity contribution < 1.29 is 19.4 Å². The van der Waals surface area contributed by atoms with Crippen LogP contribution in [0.1, 0.15) is 12.0 Å². The number of nitrogens with zero attached hydrogens (tertiary/aromatic N) is 1. The maximum absolute atomic E-state index is 10.6. The number of carbonyl (C=O) groups is 1. The molecule has 1 saturated heterocycles. The highest BCUT2D eigenvalue weighted by atomic mass is 16.5. The first-order chi connectivity index (χ1) is 9.19. The second-order valence-electron chi connectivity index (χ2n) is 4.67. The summed E-state index contributed by atoms with van der Waals surface area (Å²) >= 11 is 0. The van der Waals surface area contributed by atoms with E-state index in [1.165, 1.54) is 0 Å². The van der Waals surface area contributed by atoms with Crippen molar-refractivity contribution in [1.29, 1.82) is 0 Å². The molecule has 5 heteroatoms. The van der Waals surface area contributed by atoms with Crippen molar-refractivity contribution in [3.8, 4) is 5.75 Å². The Hall–Kier alpha value is -1.59. The Labute approximate surface area is 112 Å². The van der Waals surface area contributed by atoms with Crippen LogP contribution < -0.4 is 4.74 Å². The number of carboxylic acids is 1. The van der Waals surface area contributed by atoms with E-state index in [9.17, 15) is 4.79 Å². The summed E-state index contributed by atoms with van der Waals surface area (Å²) in [5.74, 6) is -0.318. The molecule has 1 aromatic rings. The fourth-order valence-corrected chi connectivity index (χ4v) is 2.29. The number of carboxylic acid groups (broad SMARTS) is 1. The van der Waals surface area contributed by atoms with Crippen LogP contribution in [0.5, 0.6) is 5.75 Å². The average Bonchev–Trinajstić information content (AvgIpc) is 2.85. The van der Waals surface area contributed by atoms with Gasteiger partial charge in [0.05, 0.1) is 6.10 Å². The van der Waals surface area contributed by atoms with Crippen molar-refractivity contribution in [2.75, 3.05) is 26.8 Å². The van der Waals surface area contributed by atoms with Crippen molar-refractivity contribution in [2.24, 2.45) is 0 Å². The van der Waals surface area contributed by atoms with Crippen molar-refractivity contribution >= 4 is 5.97 Å². The largest absolute Gasteiger partial charge is 0.482 e. The Morgan fingerprint density at radius 1 is 1.47 bits per heavy atom. The summed E-state index contributed by atoms with van der Waals surface area (Å²) in [5.41, 5.74) is 1.01. The fourth-order valence-electron chi connectivity index (χ4n) is 2.29. The van der Waals surface area contributed by atoms with Gasteiger partial charge >= 0.3 is 5.97 Å². The summed E-state index contributed by atoms with van der Waals surface area (Å²) < 4.78 is 10.6. The number of benzene rings is 1. The number of likely N-dealkylation sites (tertiary alicyclic amines) is 1. The van der Waals surface area contributed by atoms with E-state index in [0.29, 0.717) is 11.9 Å². The summed E-state index contributed by atoms with van der Waals surface area (Å²) in [6.07, 6.45) is 1.33. The van der Waals surface area contributed by atoms with E-state index in [0.717, 1.165) is 31.6 Å². The molecule has 0 unspecified atom stereocenters. The normalized spacial score (nSPS) is 19.5. The number of rotatable bonds is 6. The molecule has 0 aliphatic carbocycles. The number of para-hydroxylation sites is 1. The van der Waals surface area contributed by atoms with Crippen LogP contribution in [-0.2, 0) is 16.1 Å². The summed E-state index contributed by atoms with van der Waals surface area (Å²) in [5, 5.41) is 8.66. The van der Waals surface area contributed by atoms with Gasteiger partial charge in [-0.05, 0) is 12.5 Å². The average molecular weight is 265 g/mol. The minimum Gasteiger partial charge on any atom is -0.482 e. The quantitative estimate of drug-likeness (QED) is 0.842. The van der Waals surface area contributed by atoms with Crippen LogP contribution in [0.3, 0.4) is 0 Å². The Bertz CT molecular complexity index is 435. The Morgan fingerprint density at radius 2 is 2.26 bits per heavy atom. The van der Waals surface area contributed by atoms with E-state index in [2.05, 4.69) is 4.90 Å². The van der Waals surface area contributed by atoms with Gasteiger partial charge in [-0.1, -0.05) is 18.2 Å². The molecule has 0 aromatic heterocycles. The number of methoxy groups -OCH3 is 1. The first-order valence-electron chi connectivity index (χ1n) is 6.36. The molecule has 0 bridgehead atoms. The third-order valence-electron chi connectivity index (χ3n) is 3.28. The van der Waals surface area contributed by atoms with Gasteiger partial charge in [0.2, 0.25) is 0 Å². The van der Waals surface area contributed by atoms with Crippen molar-refractivity contribution in [2.45, 2.75) is 19.1 Å². The molecule has 0 amide bonds. The maximum Gasteiger partial charge on any atom is 0.341 e. The van der Waals surface area contributed by atoms with Gasteiger partial charge in [0.15, 0.2) is 6.61 Å². The summed E-state index contributed by atoms with van der Waals surface area (Å²) in [4.78, 5) is 12.8. The summed E-state index contributed by atoms with van der Waals surface area (Å²) in [6.45, 7) is 2.35. The van der Waals surface area contributed by atoms with Crippen LogP contribution in [0.2, 0.25) is 0 Å². The van der Waals surface area contributed by atoms with Crippen LogP contribution >= 0.6 is 0 Å². The van der Waals surface area contributed by atoms with Gasteiger partial charge in [-0.25, -0.2) is 4.79 Å². The van der Waals surface area contributed by atoms with Crippen LogP contribution in [-0.4, -0.2) is 48.9 Å². The Kier molecular flexibility index (Phi) is 4.76. The first kappa shape index (κ1) is 13.8. The van der Waals surface area contributed by atoms with Crippen molar-refractivity contribution in [3.63, 3.8) is 0 Å². The van der Waals surface area contributed by atoms with E-state index in [-0.39, 0.29) is 6.61 Å². The summed E-state index contributed by atoms with van der Waals surface area (Å²) in [7, 11) is 1.73. The first-order valence-corrected chi connectivity index (χ1v) is 6.36. The molecule has 5 nitrogen and oxygen atoms in total. The highest BCUT2D eigenvalue weighted by Crippen LogP contribution is 2.22. The van der Waals surface area contributed by atoms with Gasteiger partial charge in [-0.3, -0.25) is 4.90 Å². The molecule has 0 saturated carbocycles. The van der Waals surface area contributed by atoms with Crippen molar-refractivity contribution in [3.05, 3.63) is 29.8 Å². The Balaban J connectivity index is 1.97. The molecule has 1 aliphatic rings. The van der Waals surface area contributed by atoms with Crippen molar-refractivity contribution in [1.82, 2.24) is 4.90 Å². The lowest BCUT2D eigenvalue weighted by molar-refractivity contribution is -0.139. The second kappa shape index (κ2) is 6.54. The van der Waals surface area contributed by atoms with Gasteiger partial charge in [0.1, 0.15) is 5.75 Å². The van der Waals surface area contributed by atoms with Gasteiger partial charge in [-0.15, -0.1) is 0 Å². The minimum atomic E-state index is -0.963. The predicted octanol–water partition coefficient (Wildman–Crippen LogP) is 1.37. The van der Waals surface area contributed by atoms with Crippen LogP contribution in [0, 0.1) is 0 Å². The molecule has 0 radical (unpaired) electrons. The molecule has 104 valence electrons. The fraction of sp³-hybridized carbons (Fsp3) is 0.500. The van der Waals surface area contributed by atoms with E-state index in [1.54, 1.807) is 7.11 Å². The molecule has 1 atom stereocenters. The maximum atomic E-state index is 10.6. The lowest BCUT2D eigenvalue weighted by Gasteiger charge is -2.17. The molecule has 19 heavy (non-hydrogen) atoms. The molecule has 1 aliphatic heterocycles. The zero-order valence-electron chi connectivity index (χ0n) is 11.0. The second-order valence-corrected chi connectivity index (χ2v) is 4.67. The Morgan fingerprint density at radius 3 is 2.95 bits per heavy atom. The number of hydrogen-bond acceptors (Lipinski definition) is 4. The highest BCUT2D eigenvalue weighted by Gasteiger charge is 2.22. The van der Waals surface area contributed by atoms with E-state index < -0.39 is 5.97 Å². The molecular weight excluding hydrogens is 246 g/mol. The minimum absolute atomic E-state index is 0.298. The molecule has 1 aromatic carbocycles. The third kappa shape index (κ3) is 3.94. The van der Waals surface area contributed by atoms with Gasteiger partial charge in [0.25, 0.3) is 0 Å². The zero-order valence-corrected chi connectivity index (χ0v) is 11.0.